The summed E-state index contributed by atoms with van der Waals surface area (Å²) in [5.74, 6) is 0. The van der Waals surface area contributed by atoms with Crippen molar-refractivity contribution in [3.05, 3.63) is 98.8 Å². The molecule has 0 bridgehead atoms. The van der Waals surface area contributed by atoms with E-state index in [9.17, 15) is 9.59 Å². The van der Waals surface area contributed by atoms with E-state index in [-0.39, 0.29) is 11.1 Å². The second-order valence-electron chi connectivity index (χ2n) is 6.68. The first-order valence-electron chi connectivity index (χ1n) is 8.41. The zero-order chi connectivity index (χ0) is 18.6. The zero-order valence-corrected chi connectivity index (χ0v) is 14.8. The molecule has 0 unspecified atom stereocenters. The van der Waals surface area contributed by atoms with E-state index in [4.69, 9.17) is 0 Å². The van der Waals surface area contributed by atoms with Crippen LogP contribution in [0.5, 0.6) is 0 Å². The molecule has 3 N–H and O–H groups in total. The molecule has 0 spiro atoms. The highest BCUT2D eigenvalue weighted by Crippen LogP contribution is 2.21. The van der Waals surface area contributed by atoms with Crippen molar-refractivity contribution in [2.24, 2.45) is 0 Å². The van der Waals surface area contributed by atoms with Gasteiger partial charge in [0.25, 0.3) is 5.56 Å². The van der Waals surface area contributed by atoms with E-state index in [0.29, 0.717) is 6.54 Å². The lowest BCUT2D eigenvalue weighted by atomic mass is 9.94. The number of nitrogens with one attached hydrogen (secondary N) is 3. The highest BCUT2D eigenvalue weighted by atomic mass is 16.2. The van der Waals surface area contributed by atoms with Crippen LogP contribution < -0.4 is 22.1 Å². The van der Waals surface area contributed by atoms with Crippen LogP contribution in [-0.2, 0) is 12.1 Å². The van der Waals surface area contributed by atoms with E-state index >= 15 is 0 Å². The summed E-state index contributed by atoms with van der Waals surface area (Å²) in [7, 11) is 0. The van der Waals surface area contributed by atoms with Crippen molar-refractivity contribution in [3.8, 4) is 0 Å². The maximum Gasteiger partial charge on any atom is 0.328 e. The van der Waals surface area contributed by atoms with Crippen molar-refractivity contribution in [1.82, 2.24) is 15.0 Å². The minimum Gasteiger partial charge on any atom is -0.321 e. The fourth-order valence-corrected chi connectivity index (χ4v) is 2.61. The number of hydrazine groups is 1. The maximum atomic E-state index is 11.8. The van der Waals surface area contributed by atoms with E-state index in [1.807, 2.05) is 54.6 Å². The molecule has 0 atom stereocenters. The Balaban J connectivity index is 1.69. The number of anilines is 1. The van der Waals surface area contributed by atoms with Gasteiger partial charge in [0.05, 0.1) is 12.1 Å². The smallest absolute Gasteiger partial charge is 0.321 e. The van der Waals surface area contributed by atoms with Crippen molar-refractivity contribution in [2.45, 2.75) is 25.9 Å². The number of para-hydroxylation sites is 1. The first-order valence-corrected chi connectivity index (χ1v) is 8.41. The van der Waals surface area contributed by atoms with Crippen LogP contribution in [0.15, 0.2) is 76.4 Å². The van der Waals surface area contributed by atoms with Crippen molar-refractivity contribution >= 4 is 5.69 Å². The molecule has 0 aliphatic carbocycles. The Morgan fingerprint density at radius 1 is 0.962 bits per heavy atom. The van der Waals surface area contributed by atoms with E-state index < -0.39 is 5.69 Å². The predicted molar refractivity (Wildman–Crippen MR) is 103 cm³/mol. The lowest BCUT2D eigenvalue weighted by Gasteiger charge is -2.28. The quantitative estimate of drug-likeness (QED) is 0.597. The number of aromatic amines is 1. The monoisotopic (exact) mass is 350 g/mol. The fourth-order valence-electron chi connectivity index (χ4n) is 2.61. The molecule has 134 valence electrons. The minimum absolute atomic E-state index is 0.288. The van der Waals surface area contributed by atoms with Crippen molar-refractivity contribution in [2.75, 3.05) is 5.43 Å². The summed E-state index contributed by atoms with van der Waals surface area (Å²) in [6.45, 7) is 4.58. The molecule has 6 heteroatoms. The third kappa shape index (κ3) is 4.29. The molecule has 0 aliphatic heterocycles. The molecule has 3 rings (SSSR count). The zero-order valence-electron chi connectivity index (χ0n) is 14.8. The Labute approximate surface area is 151 Å². The Kier molecular flexibility index (Phi) is 5.04. The molecule has 2 aromatic carbocycles. The Morgan fingerprint density at radius 2 is 1.65 bits per heavy atom. The van der Waals surface area contributed by atoms with Gasteiger partial charge >= 0.3 is 5.69 Å². The Hall–Kier alpha value is -3.12. The molecule has 26 heavy (non-hydrogen) atoms. The average molecular weight is 350 g/mol. The van der Waals surface area contributed by atoms with Crippen molar-refractivity contribution in [3.63, 3.8) is 0 Å². The van der Waals surface area contributed by atoms with Crippen LogP contribution in [0.1, 0.15) is 25.0 Å². The van der Waals surface area contributed by atoms with E-state index in [2.05, 4.69) is 29.7 Å². The van der Waals surface area contributed by atoms with Gasteiger partial charge in [0.2, 0.25) is 0 Å². The molecule has 6 nitrogen and oxygen atoms in total. The Morgan fingerprint density at radius 3 is 2.31 bits per heavy atom. The van der Waals surface area contributed by atoms with Crippen LogP contribution in [0.4, 0.5) is 5.69 Å². The fraction of sp³-hybridized carbons (Fsp3) is 0.200. The number of nitrogens with zero attached hydrogens (tertiary/aromatic N) is 1. The summed E-state index contributed by atoms with van der Waals surface area (Å²) in [6, 6.07) is 19.3. The molecular weight excluding hydrogens is 328 g/mol. The minimum atomic E-state index is -0.407. The van der Waals surface area contributed by atoms with Crippen LogP contribution >= 0.6 is 0 Å². The predicted octanol–water partition coefficient (Wildman–Crippen LogP) is 2.44. The van der Waals surface area contributed by atoms with Crippen LogP contribution in [0.2, 0.25) is 0 Å². The molecule has 3 aromatic rings. The number of hydrogen-bond donors (Lipinski definition) is 3. The molecule has 0 saturated heterocycles. The Bertz CT molecular complexity index is 973. The summed E-state index contributed by atoms with van der Waals surface area (Å²) in [6.07, 6.45) is 1.50. The summed E-state index contributed by atoms with van der Waals surface area (Å²) in [4.78, 5) is 25.2. The highest BCUT2D eigenvalue weighted by molar-refractivity contribution is 5.42. The first-order chi connectivity index (χ1) is 12.4. The topological polar surface area (TPSA) is 78.9 Å². The van der Waals surface area contributed by atoms with Gasteiger partial charge in [-0.05, 0) is 37.1 Å². The van der Waals surface area contributed by atoms with Gasteiger partial charge in [-0.3, -0.25) is 14.3 Å². The van der Waals surface area contributed by atoms with Crippen LogP contribution in [-0.4, -0.2) is 9.55 Å². The lowest BCUT2D eigenvalue weighted by molar-refractivity contribution is 0.441. The number of rotatable bonds is 6. The molecule has 0 amide bonds. The number of H-pyrrole nitrogens is 1. The van der Waals surface area contributed by atoms with Crippen molar-refractivity contribution in [1.29, 1.82) is 0 Å². The second-order valence-corrected chi connectivity index (χ2v) is 6.68. The molecular formula is C20H22N4O2. The number of aromatic nitrogens is 2. The standard InChI is InChI=1S/C20H22N4O2/c1-20(2,23-22-17-6-4-3-5-7-17)16-10-8-15(9-11-16)14-24-13-12-18(25)21-19(24)26/h3-13,22-23H,14H2,1-2H3,(H,21,25,26). The molecule has 1 aromatic heterocycles. The van der Waals surface area contributed by atoms with Crippen LogP contribution in [0.25, 0.3) is 0 Å². The largest absolute Gasteiger partial charge is 0.328 e. The highest BCUT2D eigenvalue weighted by Gasteiger charge is 2.19. The van der Waals surface area contributed by atoms with Crippen LogP contribution in [0.3, 0.4) is 0 Å². The van der Waals surface area contributed by atoms with Crippen LogP contribution in [0, 0.1) is 0 Å². The van der Waals surface area contributed by atoms with E-state index in [1.165, 1.54) is 16.8 Å². The third-order valence-electron chi connectivity index (χ3n) is 4.22. The number of benzene rings is 2. The normalized spacial score (nSPS) is 11.3. The summed E-state index contributed by atoms with van der Waals surface area (Å²) >= 11 is 0. The van der Waals surface area contributed by atoms with E-state index in [0.717, 1.165) is 16.8 Å². The molecule has 0 aliphatic rings. The maximum absolute atomic E-state index is 11.8. The summed E-state index contributed by atoms with van der Waals surface area (Å²) < 4.78 is 1.47. The molecule has 0 saturated carbocycles. The van der Waals surface area contributed by atoms with E-state index in [1.54, 1.807) is 0 Å². The molecule has 1 heterocycles. The summed E-state index contributed by atoms with van der Waals surface area (Å²) in [5.41, 5.74) is 8.55. The number of hydrogen-bond acceptors (Lipinski definition) is 4. The SMILES string of the molecule is CC(C)(NNc1ccccc1)c1ccc(Cn2ccc(=O)[nH]c2=O)cc1. The van der Waals surface area contributed by atoms with Gasteiger partial charge in [0, 0.05) is 18.0 Å². The molecule has 0 fully saturated rings. The molecule has 0 radical (unpaired) electrons. The van der Waals surface area contributed by atoms with Gasteiger partial charge < -0.3 is 5.43 Å². The van der Waals surface area contributed by atoms with Gasteiger partial charge in [-0.15, -0.1) is 0 Å². The van der Waals surface area contributed by atoms with Gasteiger partial charge in [-0.1, -0.05) is 42.5 Å². The first kappa shape index (κ1) is 17.7. The van der Waals surface area contributed by atoms with Gasteiger partial charge in [0.1, 0.15) is 0 Å². The second kappa shape index (κ2) is 7.41. The third-order valence-corrected chi connectivity index (χ3v) is 4.22. The summed E-state index contributed by atoms with van der Waals surface area (Å²) in [5, 5.41) is 0. The van der Waals surface area contributed by atoms with Gasteiger partial charge in [0.15, 0.2) is 0 Å². The lowest BCUT2D eigenvalue weighted by Crippen LogP contribution is -2.40. The van der Waals surface area contributed by atoms with Crippen molar-refractivity contribution < 1.29 is 0 Å². The van der Waals surface area contributed by atoms with Gasteiger partial charge in [-0.2, -0.15) is 0 Å². The average Bonchev–Trinajstić information content (AvgIpc) is 2.64. The van der Waals surface area contributed by atoms with Gasteiger partial charge in [-0.25, -0.2) is 10.2 Å².